The van der Waals surface area contributed by atoms with E-state index >= 15 is 0 Å². The average Bonchev–Trinajstić information content (AvgIpc) is 2.97. The van der Waals surface area contributed by atoms with E-state index in [1.54, 1.807) is 13.0 Å². The minimum Gasteiger partial charge on any atom is -0.461 e. The first-order valence-electron chi connectivity index (χ1n) is 7.75. The lowest BCUT2D eigenvalue weighted by molar-refractivity contribution is 0.0519. The molecule has 1 atom stereocenters. The number of carbonyl (C=O) groups excluding carboxylic acids is 1. The Morgan fingerprint density at radius 3 is 2.48 bits per heavy atom. The number of nitrogens with zero attached hydrogens (tertiary/aromatic N) is 1. The molecule has 0 aliphatic heterocycles. The second kappa shape index (κ2) is 6.68. The Labute approximate surface area is 138 Å². The van der Waals surface area contributed by atoms with Gasteiger partial charge in [0, 0.05) is 0 Å². The summed E-state index contributed by atoms with van der Waals surface area (Å²) in [6.07, 6.45) is 0. The predicted octanol–water partition coefficient (Wildman–Crippen LogP) is 3.70. The van der Waals surface area contributed by atoms with Gasteiger partial charge in [-0.15, -0.1) is 0 Å². The molecule has 0 saturated heterocycles. The van der Waals surface area contributed by atoms with Crippen molar-refractivity contribution in [2.24, 2.45) is 0 Å². The van der Waals surface area contributed by atoms with E-state index < -0.39 is 19.9 Å². The summed E-state index contributed by atoms with van der Waals surface area (Å²) in [6, 6.07) is 11.7. The zero-order valence-corrected chi connectivity index (χ0v) is 15.3. The molecule has 0 aliphatic rings. The lowest BCUT2D eigenvalue weighted by Crippen LogP contribution is -2.39. The van der Waals surface area contributed by atoms with Gasteiger partial charge in [0.25, 0.3) is 0 Å². The lowest BCUT2D eigenvalue weighted by atomic mass is 9.92. The number of H-pyrrole nitrogens is 1. The molecule has 0 saturated carbocycles. The highest BCUT2D eigenvalue weighted by Crippen LogP contribution is 2.35. The van der Waals surface area contributed by atoms with Crippen LogP contribution in [0.3, 0.4) is 0 Å². The molecule has 2 aromatic rings. The predicted molar refractivity (Wildman–Crippen MR) is 91.9 cm³/mol. The maximum absolute atomic E-state index is 11.9. The standard InChI is InChI=1S/C17H24N2O3Si/c1-6-21-16(20)14-12-15(19-18-14)17(2,22-23(3,4)5)13-10-8-7-9-11-13/h7-12H,6H2,1-5H3,(H,18,19). The van der Waals surface area contributed by atoms with Crippen molar-refractivity contribution in [3.8, 4) is 0 Å². The van der Waals surface area contributed by atoms with Crippen LogP contribution in [0.5, 0.6) is 0 Å². The number of aromatic nitrogens is 2. The van der Waals surface area contributed by atoms with Gasteiger partial charge in [0.05, 0.1) is 12.3 Å². The maximum atomic E-state index is 11.9. The van der Waals surface area contributed by atoms with Crippen LogP contribution in [0.1, 0.15) is 35.6 Å². The largest absolute Gasteiger partial charge is 0.461 e. The zero-order valence-electron chi connectivity index (χ0n) is 14.3. The average molecular weight is 332 g/mol. The minimum atomic E-state index is -1.86. The summed E-state index contributed by atoms with van der Waals surface area (Å²) in [5.74, 6) is -0.432. The van der Waals surface area contributed by atoms with Gasteiger partial charge in [-0.05, 0) is 45.1 Å². The van der Waals surface area contributed by atoms with Crippen LogP contribution in [0.4, 0.5) is 0 Å². The van der Waals surface area contributed by atoms with E-state index in [-0.39, 0.29) is 5.69 Å². The SMILES string of the molecule is CCOC(=O)c1cc(C(C)(O[Si](C)(C)C)c2ccccc2)[nH]n1. The Kier molecular flexibility index (Phi) is 5.06. The van der Waals surface area contributed by atoms with Crippen LogP contribution in [0.15, 0.2) is 36.4 Å². The number of ether oxygens (including phenoxy) is 1. The van der Waals surface area contributed by atoms with Crippen molar-refractivity contribution >= 4 is 14.3 Å². The smallest absolute Gasteiger partial charge is 0.358 e. The number of esters is 1. The van der Waals surface area contributed by atoms with E-state index in [1.807, 2.05) is 37.3 Å². The molecule has 0 bridgehead atoms. The van der Waals surface area contributed by atoms with Crippen molar-refractivity contribution in [3.05, 3.63) is 53.3 Å². The number of hydrogen-bond acceptors (Lipinski definition) is 4. The van der Waals surface area contributed by atoms with Crippen LogP contribution in [-0.2, 0) is 14.8 Å². The normalized spacial score (nSPS) is 14.3. The quantitative estimate of drug-likeness (QED) is 0.647. The fraction of sp³-hybridized carbons (Fsp3) is 0.412. The van der Waals surface area contributed by atoms with Crippen LogP contribution in [0.25, 0.3) is 0 Å². The molecule has 1 aromatic carbocycles. The van der Waals surface area contributed by atoms with Gasteiger partial charge in [-0.3, -0.25) is 5.10 Å². The fourth-order valence-electron chi connectivity index (χ4n) is 2.51. The minimum absolute atomic E-state index is 0.267. The first kappa shape index (κ1) is 17.4. The van der Waals surface area contributed by atoms with E-state index in [4.69, 9.17) is 9.16 Å². The van der Waals surface area contributed by atoms with Gasteiger partial charge in [-0.1, -0.05) is 30.3 Å². The topological polar surface area (TPSA) is 64.2 Å². The molecule has 5 nitrogen and oxygen atoms in total. The monoisotopic (exact) mass is 332 g/mol. The van der Waals surface area contributed by atoms with E-state index in [2.05, 4.69) is 29.8 Å². The van der Waals surface area contributed by atoms with Crippen LogP contribution >= 0.6 is 0 Å². The Hall–Kier alpha value is -1.92. The van der Waals surface area contributed by atoms with E-state index in [1.165, 1.54) is 0 Å². The summed E-state index contributed by atoms with van der Waals surface area (Å²) in [5, 5.41) is 7.05. The zero-order chi connectivity index (χ0) is 17.1. The van der Waals surface area contributed by atoms with Gasteiger partial charge < -0.3 is 9.16 Å². The Morgan fingerprint density at radius 1 is 1.26 bits per heavy atom. The summed E-state index contributed by atoms with van der Waals surface area (Å²) in [5.41, 5.74) is 1.34. The molecule has 0 radical (unpaired) electrons. The molecule has 23 heavy (non-hydrogen) atoms. The first-order valence-corrected chi connectivity index (χ1v) is 11.2. The van der Waals surface area contributed by atoms with Crippen LogP contribution < -0.4 is 0 Å². The van der Waals surface area contributed by atoms with Gasteiger partial charge in [-0.25, -0.2) is 4.79 Å². The summed E-state index contributed by atoms with van der Waals surface area (Å²) < 4.78 is 11.5. The number of carbonyl (C=O) groups is 1. The molecule has 0 aliphatic carbocycles. The number of hydrogen-bond donors (Lipinski definition) is 1. The van der Waals surface area contributed by atoms with Crippen molar-refractivity contribution < 1.29 is 14.0 Å². The third-order valence-corrected chi connectivity index (χ3v) is 4.43. The van der Waals surface area contributed by atoms with Gasteiger partial charge in [0.15, 0.2) is 14.0 Å². The number of benzene rings is 1. The van der Waals surface area contributed by atoms with Gasteiger partial charge in [-0.2, -0.15) is 5.10 Å². The Bertz CT molecular complexity index is 664. The van der Waals surface area contributed by atoms with Crippen molar-refractivity contribution in [2.75, 3.05) is 6.61 Å². The summed E-state index contributed by atoms with van der Waals surface area (Å²) in [7, 11) is -1.86. The van der Waals surface area contributed by atoms with Crippen molar-refractivity contribution in [1.29, 1.82) is 0 Å². The highest BCUT2D eigenvalue weighted by Gasteiger charge is 2.37. The maximum Gasteiger partial charge on any atom is 0.358 e. The van der Waals surface area contributed by atoms with Crippen molar-refractivity contribution in [2.45, 2.75) is 39.1 Å². The van der Waals surface area contributed by atoms with Gasteiger partial charge in [0.2, 0.25) is 0 Å². The molecule has 1 N–H and O–H groups in total. The first-order chi connectivity index (χ1) is 10.8. The second-order valence-electron chi connectivity index (χ2n) is 6.50. The highest BCUT2D eigenvalue weighted by atomic mass is 28.4. The van der Waals surface area contributed by atoms with Crippen LogP contribution in [-0.4, -0.2) is 31.1 Å². The summed E-state index contributed by atoms with van der Waals surface area (Å²) in [6.45, 7) is 10.5. The van der Waals surface area contributed by atoms with Crippen LogP contribution in [0, 0.1) is 0 Å². The molecular formula is C17H24N2O3Si. The number of rotatable bonds is 6. The third kappa shape index (κ3) is 4.08. The van der Waals surface area contributed by atoms with Gasteiger partial charge in [0.1, 0.15) is 5.60 Å². The molecule has 2 rings (SSSR count). The second-order valence-corrected chi connectivity index (χ2v) is 10.9. The molecule has 1 unspecified atom stereocenters. The molecule has 6 heteroatoms. The molecule has 1 aromatic heterocycles. The van der Waals surface area contributed by atoms with E-state index in [0.717, 1.165) is 11.3 Å². The molecule has 1 heterocycles. The van der Waals surface area contributed by atoms with E-state index in [0.29, 0.717) is 6.61 Å². The Balaban J connectivity index is 2.44. The molecule has 0 amide bonds. The lowest BCUT2D eigenvalue weighted by Gasteiger charge is -2.35. The van der Waals surface area contributed by atoms with E-state index in [9.17, 15) is 4.79 Å². The fourth-order valence-corrected chi connectivity index (χ4v) is 3.97. The van der Waals surface area contributed by atoms with Crippen molar-refractivity contribution in [1.82, 2.24) is 10.2 Å². The Morgan fingerprint density at radius 2 is 1.91 bits per heavy atom. The highest BCUT2D eigenvalue weighted by molar-refractivity contribution is 6.69. The molecule has 0 fully saturated rings. The molecule has 0 spiro atoms. The van der Waals surface area contributed by atoms with Crippen LogP contribution in [0.2, 0.25) is 19.6 Å². The van der Waals surface area contributed by atoms with Gasteiger partial charge >= 0.3 is 5.97 Å². The number of nitrogens with one attached hydrogen (secondary N) is 1. The summed E-state index contributed by atoms with van der Waals surface area (Å²) in [4.78, 5) is 11.9. The molecule has 124 valence electrons. The van der Waals surface area contributed by atoms with Crippen molar-refractivity contribution in [3.63, 3.8) is 0 Å². The third-order valence-electron chi connectivity index (χ3n) is 3.41. The molecular weight excluding hydrogens is 308 g/mol. The summed E-state index contributed by atoms with van der Waals surface area (Å²) >= 11 is 0. The number of aromatic amines is 1.